The third kappa shape index (κ3) is 2.21. The molecule has 0 aliphatic heterocycles. The first-order valence-electron chi connectivity index (χ1n) is 4.93. The number of hydrogen-bond donors (Lipinski definition) is 0. The third-order valence-corrected chi connectivity index (χ3v) is 2.71. The summed E-state index contributed by atoms with van der Waals surface area (Å²) in [6.45, 7) is 0. The summed E-state index contributed by atoms with van der Waals surface area (Å²) in [4.78, 5) is 2.34. The van der Waals surface area contributed by atoms with Gasteiger partial charge in [0.05, 0.1) is 5.69 Å². The van der Waals surface area contributed by atoms with Crippen molar-refractivity contribution in [2.75, 3.05) is 0 Å². The molecule has 80 valence electrons. The van der Waals surface area contributed by atoms with Crippen molar-refractivity contribution in [2.45, 2.75) is 4.90 Å². The van der Waals surface area contributed by atoms with Gasteiger partial charge < -0.3 is 12.6 Å². The molecule has 3 rings (SSSR count). The Balaban J connectivity index is 0.00000108. The normalized spacial score (nSPS) is 10.1. The quantitative estimate of drug-likeness (QED) is 0.509. The molecule has 17 heavy (non-hydrogen) atoms. The van der Waals surface area contributed by atoms with Crippen molar-refractivity contribution < 1.29 is 19.5 Å². The Kier molecular flexibility index (Phi) is 3.50. The van der Waals surface area contributed by atoms with Crippen molar-refractivity contribution in [2.24, 2.45) is 0 Å². The van der Waals surface area contributed by atoms with Gasteiger partial charge in [-0.2, -0.15) is 4.80 Å². The summed E-state index contributed by atoms with van der Waals surface area (Å²) in [6.07, 6.45) is 0. The molecule has 5 heteroatoms. The Bertz CT molecular complexity index is 618. The number of fused-ring (bicyclic) bond motifs is 1. The first-order valence-corrected chi connectivity index (χ1v) is 5.34. The average molecular weight is 292 g/mol. The zero-order chi connectivity index (χ0) is 11.0. The van der Waals surface area contributed by atoms with Crippen LogP contribution in [-0.4, -0.2) is 15.0 Å². The summed E-state index contributed by atoms with van der Waals surface area (Å²) < 4.78 is 0. The van der Waals surface area contributed by atoms with Crippen molar-refractivity contribution in [3.8, 4) is 5.69 Å². The van der Waals surface area contributed by atoms with E-state index in [2.05, 4.69) is 10.2 Å². The molecule has 1 aromatic heterocycles. The van der Waals surface area contributed by atoms with E-state index in [4.69, 9.17) is 12.6 Å². The molecule has 0 bridgehead atoms. The monoisotopic (exact) mass is 290 g/mol. The molecular formula is C12H8N3SZn-. The van der Waals surface area contributed by atoms with Gasteiger partial charge >= 0.3 is 0 Å². The molecular weight excluding hydrogens is 284 g/mol. The molecule has 0 fully saturated rings. The Morgan fingerprint density at radius 3 is 1.94 bits per heavy atom. The number of aromatic nitrogens is 3. The number of para-hydroxylation sites is 1. The predicted molar refractivity (Wildman–Crippen MR) is 64.5 cm³/mol. The van der Waals surface area contributed by atoms with Crippen molar-refractivity contribution in [3.05, 3.63) is 48.5 Å². The minimum Gasteiger partial charge on any atom is -0.778 e. The van der Waals surface area contributed by atoms with Crippen LogP contribution in [0, 0.1) is 0 Å². The number of nitrogens with zero attached hydrogens (tertiary/aromatic N) is 3. The van der Waals surface area contributed by atoms with Crippen LogP contribution in [0.4, 0.5) is 0 Å². The second-order valence-electron chi connectivity index (χ2n) is 3.45. The molecule has 0 unspecified atom stereocenters. The molecule has 0 saturated heterocycles. The fourth-order valence-corrected chi connectivity index (χ4v) is 1.82. The zero-order valence-electron chi connectivity index (χ0n) is 9.08. The summed E-state index contributed by atoms with van der Waals surface area (Å²) >= 11 is 5.24. The maximum absolute atomic E-state index is 5.24. The zero-order valence-corrected chi connectivity index (χ0v) is 12.9. The minimum atomic E-state index is 0. The number of hydrogen-bond acceptors (Lipinski definition) is 3. The number of rotatable bonds is 1. The molecule has 0 amide bonds. The number of benzene rings is 2. The van der Waals surface area contributed by atoms with E-state index in [1.807, 2.05) is 48.5 Å². The summed E-state index contributed by atoms with van der Waals surface area (Å²) in [5.74, 6) is 0. The molecule has 0 radical (unpaired) electrons. The Hall–Kier alpha value is -1.32. The van der Waals surface area contributed by atoms with Crippen LogP contribution in [0.3, 0.4) is 0 Å². The van der Waals surface area contributed by atoms with Gasteiger partial charge in [-0.3, -0.25) is 0 Å². The summed E-state index contributed by atoms with van der Waals surface area (Å²) in [7, 11) is 0. The fourth-order valence-electron chi connectivity index (χ4n) is 1.59. The topological polar surface area (TPSA) is 30.7 Å². The van der Waals surface area contributed by atoms with Crippen LogP contribution in [0.1, 0.15) is 0 Å². The maximum atomic E-state index is 5.24. The Morgan fingerprint density at radius 2 is 1.35 bits per heavy atom. The van der Waals surface area contributed by atoms with Gasteiger partial charge in [0.1, 0.15) is 11.0 Å². The van der Waals surface area contributed by atoms with Crippen molar-refractivity contribution in [1.29, 1.82) is 0 Å². The molecule has 3 aromatic rings. The molecule has 0 aliphatic carbocycles. The van der Waals surface area contributed by atoms with Crippen LogP contribution in [0.2, 0.25) is 0 Å². The standard InChI is InChI=1S/C12H9N3S.Zn/c16-12-8-4-3-7-11(12)15-13-9-5-1-2-6-10(9)14-15;/h1-8,16H;/p-1. The van der Waals surface area contributed by atoms with Crippen molar-refractivity contribution in [1.82, 2.24) is 15.0 Å². The molecule has 0 atom stereocenters. The van der Waals surface area contributed by atoms with Gasteiger partial charge in [0.25, 0.3) is 0 Å². The second kappa shape index (κ2) is 4.90. The van der Waals surface area contributed by atoms with E-state index < -0.39 is 0 Å². The van der Waals surface area contributed by atoms with E-state index in [0.29, 0.717) is 0 Å². The van der Waals surface area contributed by atoms with Crippen molar-refractivity contribution in [3.63, 3.8) is 0 Å². The first kappa shape index (κ1) is 12.1. The summed E-state index contributed by atoms with van der Waals surface area (Å²) in [5.41, 5.74) is 2.59. The first-order chi connectivity index (χ1) is 7.84. The third-order valence-electron chi connectivity index (χ3n) is 2.37. The van der Waals surface area contributed by atoms with Crippen LogP contribution < -0.4 is 0 Å². The van der Waals surface area contributed by atoms with Crippen molar-refractivity contribution >= 4 is 23.7 Å². The molecule has 0 N–H and O–H groups in total. The second-order valence-corrected chi connectivity index (χ2v) is 3.89. The van der Waals surface area contributed by atoms with E-state index in [9.17, 15) is 0 Å². The van der Waals surface area contributed by atoms with E-state index in [0.717, 1.165) is 21.6 Å². The largest absolute Gasteiger partial charge is 0.778 e. The van der Waals surface area contributed by atoms with Gasteiger partial charge in [0.2, 0.25) is 0 Å². The fraction of sp³-hybridized carbons (Fsp3) is 0. The summed E-state index contributed by atoms with van der Waals surface area (Å²) in [6, 6.07) is 15.4. The van der Waals surface area contributed by atoms with Gasteiger partial charge in [-0.05, 0) is 18.2 Å². The van der Waals surface area contributed by atoms with Gasteiger partial charge in [0, 0.05) is 19.5 Å². The molecule has 0 aliphatic rings. The predicted octanol–water partition coefficient (Wildman–Crippen LogP) is 2.32. The van der Waals surface area contributed by atoms with E-state index in [-0.39, 0.29) is 19.5 Å². The van der Waals surface area contributed by atoms with E-state index in [1.165, 1.54) is 0 Å². The van der Waals surface area contributed by atoms with E-state index in [1.54, 1.807) is 4.80 Å². The Labute approximate surface area is 117 Å². The maximum Gasteiger partial charge on any atom is 0.113 e. The smallest absolute Gasteiger partial charge is 0.113 e. The van der Waals surface area contributed by atoms with Crippen LogP contribution in [-0.2, 0) is 32.1 Å². The van der Waals surface area contributed by atoms with Crippen LogP contribution >= 0.6 is 0 Å². The molecule has 0 saturated carbocycles. The van der Waals surface area contributed by atoms with Crippen LogP contribution in [0.15, 0.2) is 53.4 Å². The van der Waals surface area contributed by atoms with Crippen LogP contribution in [0.25, 0.3) is 16.7 Å². The Morgan fingerprint density at radius 1 is 0.824 bits per heavy atom. The molecule has 2 aromatic carbocycles. The molecule has 1 heterocycles. The van der Waals surface area contributed by atoms with Gasteiger partial charge in [-0.15, -0.1) is 15.1 Å². The van der Waals surface area contributed by atoms with Gasteiger partial charge in [-0.1, -0.05) is 30.3 Å². The van der Waals surface area contributed by atoms with Crippen LogP contribution in [0.5, 0.6) is 0 Å². The van der Waals surface area contributed by atoms with Gasteiger partial charge in [0.15, 0.2) is 0 Å². The van der Waals surface area contributed by atoms with Gasteiger partial charge in [-0.25, -0.2) is 0 Å². The molecule has 3 nitrogen and oxygen atoms in total. The summed E-state index contributed by atoms with van der Waals surface area (Å²) in [5, 5.41) is 8.77. The SMILES string of the molecule is [S-]c1ccccc1-n1nc2ccccc2n1.[Zn]. The molecule has 0 spiro atoms. The minimum absolute atomic E-state index is 0. The average Bonchev–Trinajstić information content (AvgIpc) is 2.73. The van der Waals surface area contributed by atoms with E-state index >= 15 is 0 Å².